The Hall–Kier alpha value is -3.61. The molecule has 142 valence electrons. The number of nitrogens with zero attached hydrogens (tertiary/aromatic N) is 1. The van der Waals surface area contributed by atoms with E-state index < -0.39 is 11.8 Å². The van der Waals surface area contributed by atoms with E-state index in [0.717, 1.165) is 0 Å². The number of phenolic OH excluding ortho intramolecular Hbond substituents is 1. The standard InChI is InChI=1S/C21H19N3O4/c25-18-11-4-3-10-17(18)22-19(26)13-6-5-7-14(12-13)24-21(28)16-9-2-1-8-15(16)20(27)23-24/h1-7,10-12,15-16,25H,8-9H2,(H,22,26)(H,23,27)/t15-,16-/m1/s1. The first-order chi connectivity index (χ1) is 13.5. The predicted octanol–water partition coefficient (Wildman–Crippen LogP) is 2.60. The van der Waals surface area contributed by atoms with Crippen LogP contribution in [0.3, 0.4) is 0 Å². The molecule has 2 aromatic carbocycles. The fourth-order valence-corrected chi connectivity index (χ4v) is 3.54. The summed E-state index contributed by atoms with van der Waals surface area (Å²) in [4.78, 5) is 37.8. The first kappa shape index (κ1) is 17.8. The average molecular weight is 377 g/mol. The number of allylic oxidation sites excluding steroid dienone is 2. The maximum absolute atomic E-state index is 12.9. The van der Waals surface area contributed by atoms with Gasteiger partial charge in [-0.05, 0) is 43.2 Å². The molecule has 7 nitrogen and oxygen atoms in total. The highest BCUT2D eigenvalue weighted by Crippen LogP contribution is 2.32. The molecular formula is C21H19N3O4. The van der Waals surface area contributed by atoms with Crippen molar-refractivity contribution in [2.75, 3.05) is 10.3 Å². The molecule has 1 saturated heterocycles. The van der Waals surface area contributed by atoms with Gasteiger partial charge in [-0.25, -0.2) is 5.01 Å². The van der Waals surface area contributed by atoms with Gasteiger partial charge in [-0.3, -0.25) is 19.8 Å². The molecule has 0 unspecified atom stereocenters. The van der Waals surface area contributed by atoms with Gasteiger partial charge in [0.2, 0.25) is 11.8 Å². The van der Waals surface area contributed by atoms with Gasteiger partial charge in [-0.1, -0.05) is 30.4 Å². The molecule has 7 heteroatoms. The number of para-hydroxylation sites is 2. The third-order valence-electron chi connectivity index (χ3n) is 5.05. The highest BCUT2D eigenvalue weighted by atomic mass is 16.3. The van der Waals surface area contributed by atoms with Crippen molar-refractivity contribution in [3.05, 3.63) is 66.2 Å². The summed E-state index contributed by atoms with van der Waals surface area (Å²) in [7, 11) is 0. The largest absolute Gasteiger partial charge is 0.506 e. The van der Waals surface area contributed by atoms with Crippen LogP contribution in [-0.2, 0) is 9.59 Å². The third-order valence-corrected chi connectivity index (χ3v) is 5.05. The molecule has 2 aliphatic rings. The highest BCUT2D eigenvalue weighted by Gasteiger charge is 2.42. The lowest BCUT2D eigenvalue weighted by molar-refractivity contribution is -0.139. The van der Waals surface area contributed by atoms with Crippen LogP contribution in [0.1, 0.15) is 23.2 Å². The fraction of sp³-hybridized carbons (Fsp3) is 0.190. The molecule has 1 aliphatic carbocycles. The second-order valence-electron chi connectivity index (χ2n) is 6.83. The Morgan fingerprint density at radius 1 is 1.04 bits per heavy atom. The summed E-state index contributed by atoms with van der Waals surface area (Å²) in [6, 6.07) is 12.8. The van der Waals surface area contributed by atoms with Crippen LogP contribution < -0.4 is 15.8 Å². The lowest BCUT2D eigenvalue weighted by Gasteiger charge is -2.38. The first-order valence-electron chi connectivity index (χ1n) is 9.03. The smallest absolute Gasteiger partial charge is 0.255 e. The average Bonchev–Trinajstić information content (AvgIpc) is 2.72. The number of benzene rings is 2. The Morgan fingerprint density at radius 3 is 2.57 bits per heavy atom. The van der Waals surface area contributed by atoms with Gasteiger partial charge in [-0.2, -0.15) is 0 Å². The summed E-state index contributed by atoms with van der Waals surface area (Å²) < 4.78 is 0. The molecule has 0 spiro atoms. The molecule has 2 aromatic rings. The number of fused-ring (bicyclic) bond motifs is 1. The van der Waals surface area contributed by atoms with Crippen LogP contribution in [0.25, 0.3) is 0 Å². The number of amides is 3. The normalized spacial score (nSPS) is 21.1. The number of anilines is 2. The number of carbonyl (C=O) groups excluding carboxylic acids is 3. The molecule has 3 amide bonds. The van der Waals surface area contributed by atoms with Crippen LogP contribution in [0.2, 0.25) is 0 Å². The minimum absolute atomic E-state index is 0.0399. The molecule has 28 heavy (non-hydrogen) atoms. The van der Waals surface area contributed by atoms with Crippen molar-refractivity contribution < 1.29 is 19.5 Å². The number of carbonyl (C=O) groups is 3. The second kappa shape index (κ2) is 7.19. The lowest BCUT2D eigenvalue weighted by atomic mass is 9.80. The molecule has 0 bridgehead atoms. The van der Waals surface area contributed by atoms with Gasteiger partial charge < -0.3 is 10.4 Å². The number of phenols is 1. The van der Waals surface area contributed by atoms with Crippen molar-refractivity contribution in [2.24, 2.45) is 11.8 Å². The minimum atomic E-state index is -0.433. The number of hydrogen-bond acceptors (Lipinski definition) is 4. The first-order valence-corrected chi connectivity index (χ1v) is 9.03. The molecule has 0 saturated carbocycles. The minimum Gasteiger partial charge on any atom is -0.506 e. The van der Waals surface area contributed by atoms with E-state index in [-0.39, 0.29) is 29.2 Å². The summed E-state index contributed by atoms with van der Waals surface area (Å²) in [6.07, 6.45) is 4.93. The fourth-order valence-electron chi connectivity index (χ4n) is 3.54. The van der Waals surface area contributed by atoms with E-state index in [1.165, 1.54) is 17.1 Å². The zero-order valence-electron chi connectivity index (χ0n) is 15.0. The van der Waals surface area contributed by atoms with E-state index in [1.807, 2.05) is 12.2 Å². The topological polar surface area (TPSA) is 98.7 Å². The van der Waals surface area contributed by atoms with Crippen LogP contribution in [0, 0.1) is 11.8 Å². The Labute approximate surface area is 161 Å². The van der Waals surface area contributed by atoms with E-state index in [4.69, 9.17) is 0 Å². The van der Waals surface area contributed by atoms with Crippen LogP contribution in [0.5, 0.6) is 5.75 Å². The summed E-state index contributed by atoms with van der Waals surface area (Å²) in [5.41, 5.74) is 3.65. The summed E-state index contributed by atoms with van der Waals surface area (Å²) in [5, 5.41) is 13.7. The number of hydrogen-bond donors (Lipinski definition) is 3. The molecule has 1 aliphatic heterocycles. The summed E-state index contributed by atoms with van der Waals surface area (Å²) in [5.74, 6) is -1.59. The monoisotopic (exact) mass is 377 g/mol. The molecule has 1 heterocycles. The molecule has 0 aromatic heterocycles. The van der Waals surface area contributed by atoms with Crippen molar-refractivity contribution >= 4 is 29.1 Å². The zero-order valence-corrected chi connectivity index (χ0v) is 15.0. The quantitative estimate of drug-likeness (QED) is 0.566. The van der Waals surface area contributed by atoms with Gasteiger partial charge in [0.1, 0.15) is 5.75 Å². The van der Waals surface area contributed by atoms with Crippen LogP contribution in [-0.4, -0.2) is 22.8 Å². The predicted molar refractivity (Wildman–Crippen MR) is 103 cm³/mol. The van der Waals surface area contributed by atoms with Crippen molar-refractivity contribution in [3.63, 3.8) is 0 Å². The van der Waals surface area contributed by atoms with E-state index in [2.05, 4.69) is 10.7 Å². The van der Waals surface area contributed by atoms with Crippen molar-refractivity contribution in [2.45, 2.75) is 12.8 Å². The van der Waals surface area contributed by atoms with Crippen molar-refractivity contribution in [1.29, 1.82) is 0 Å². The van der Waals surface area contributed by atoms with Gasteiger partial charge in [0.25, 0.3) is 5.91 Å². The molecular weight excluding hydrogens is 358 g/mol. The number of nitrogens with one attached hydrogen (secondary N) is 2. The van der Waals surface area contributed by atoms with Gasteiger partial charge >= 0.3 is 0 Å². The van der Waals surface area contributed by atoms with Gasteiger partial charge in [-0.15, -0.1) is 0 Å². The van der Waals surface area contributed by atoms with Crippen LogP contribution >= 0.6 is 0 Å². The maximum Gasteiger partial charge on any atom is 0.255 e. The summed E-state index contributed by atoms with van der Waals surface area (Å²) >= 11 is 0. The Morgan fingerprint density at radius 2 is 1.79 bits per heavy atom. The molecule has 2 atom stereocenters. The van der Waals surface area contributed by atoms with Crippen LogP contribution in [0.4, 0.5) is 11.4 Å². The highest BCUT2D eigenvalue weighted by molar-refractivity contribution is 6.07. The third kappa shape index (κ3) is 3.22. The Balaban J connectivity index is 1.57. The Bertz CT molecular complexity index is 985. The Kier molecular flexibility index (Phi) is 4.57. The SMILES string of the molecule is O=C(Nc1ccccc1O)c1cccc(N2NC(=O)[C@@H]3CC=CC[C@H]3C2=O)c1. The van der Waals surface area contributed by atoms with E-state index in [1.54, 1.807) is 36.4 Å². The molecule has 4 rings (SSSR count). The van der Waals surface area contributed by atoms with Crippen molar-refractivity contribution in [3.8, 4) is 5.75 Å². The lowest BCUT2D eigenvalue weighted by Crippen LogP contribution is -2.59. The maximum atomic E-state index is 12.9. The number of hydrazine groups is 1. The zero-order chi connectivity index (χ0) is 19.7. The number of aromatic hydroxyl groups is 1. The molecule has 1 fully saturated rings. The van der Waals surface area contributed by atoms with Crippen LogP contribution in [0.15, 0.2) is 60.7 Å². The summed E-state index contributed by atoms with van der Waals surface area (Å²) in [6.45, 7) is 0. The van der Waals surface area contributed by atoms with E-state index >= 15 is 0 Å². The number of rotatable bonds is 3. The van der Waals surface area contributed by atoms with Gasteiger partial charge in [0, 0.05) is 5.56 Å². The van der Waals surface area contributed by atoms with E-state index in [9.17, 15) is 19.5 Å². The molecule has 3 N–H and O–H groups in total. The van der Waals surface area contributed by atoms with Crippen molar-refractivity contribution in [1.82, 2.24) is 5.43 Å². The van der Waals surface area contributed by atoms with Gasteiger partial charge in [0.15, 0.2) is 0 Å². The second-order valence-corrected chi connectivity index (χ2v) is 6.83. The van der Waals surface area contributed by atoms with E-state index in [0.29, 0.717) is 24.1 Å². The van der Waals surface area contributed by atoms with Gasteiger partial charge in [0.05, 0.1) is 23.2 Å². The molecule has 0 radical (unpaired) electrons.